The summed E-state index contributed by atoms with van der Waals surface area (Å²) < 4.78 is 14.1. The van der Waals surface area contributed by atoms with E-state index in [1.807, 2.05) is 43.3 Å². The van der Waals surface area contributed by atoms with Crippen molar-refractivity contribution >= 4 is 11.4 Å². The largest absolute Gasteiger partial charge is 0.341 e. The highest BCUT2D eigenvalue weighted by Gasteiger charge is 2.16. The summed E-state index contributed by atoms with van der Waals surface area (Å²) in [5.41, 5.74) is 8.51. The van der Waals surface area contributed by atoms with Crippen LogP contribution >= 0.6 is 0 Å². The van der Waals surface area contributed by atoms with Gasteiger partial charge in [-0.1, -0.05) is 24.3 Å². The van der Waals surface area contributed by atoms with Crippen molar-refractivity contribution in [2.75, 3.05) is 11.4 Å². The highest BCUT2D eigenvalue weighted by Crippen LogP contribution is 2.30. The van der Waals surface area contributed by atoms with Crippen LogP contribution in [0.15, 0.2) is 48.5 Å². The topological polar surface area (TPSA) is 29.3 Å². The quantitative estimate of drug-likeness (QED) is 0.895. The van der Waals surface area contributed by atoms with Gasteiger partial charge in [-0.25, -0.2) is 4.39 Å². The molecule has 2 aromatic rings. The average molecular weight is 272 g/mol. The van der Waals surface area contributed by atoms with Crippen molar-refractivity contribution in [1.82, 2.24) is 0 Å². The maximum atomic E-state index is 14.1. The third-order valence-electron chi connectivity index (χ3n) is 3.30. The zero-order chi connectivity index (χ0) is 14.5. The highest BCUT2D eigenvalue weighted by molar-refractivity contribution is 5.66. The monoisotopic (exact) mass is 272 g/mol. The summed E-state index contributed by atoms with van der Waals surface area (Å²) in [5, 5.41) is 0. The number of hydrogen-bond acceptors (Lipinski definition) is 2. The van der Waals surface area contributed by atoms with E-state index >= 15 is 0 Å². The van der Waals surface area contributed by atoms with E-state index in [4.69, 9.17) is 5.73 Å². The average Bonchev–Trinajstić information content (AvgIpc) is 2.44. The maximum Gasteiger partial charge on any atom is 0.128 e. The van der Waals surface area contributed by atoms with Crippen LogP contribution in [0.3, 0.4) is 0 Å². The number of rotatable bonds is 5. The molecule has 20 heavy (non-hydrogen) atoms. The van der Waals surface area contributed by atoms with E-state index in [0.717, 1.165) is 17.9 Å². The summed E-state index contributed by atoms with van der Waals surface area (Å²) in [6.07, 6.45) is 0.533. The molecule has 3 heteroatoms. The molecule has 2 rings (SSSR count). The Hall–Kier alpha value is -1.87. The first-order chi connectivity index (χ1) is 9.63. The lowest BCUT2D eigenvalue weighted by atomic mass is 10.0. The van der Waals surface area contributed by atoms with E-state index in [1.165, 1.54) is 6.07 Å². The molecule has 1 unspecified atom stereocenters. The van der Waals surface area contributed by atoms with Crippen LogP contribution < -0.4 is 10.6 Å². The number of para-hydroxylation sites is 1. The van der Waals surface area contributed by atoms with Crippen molar-refractivity contribution in [3.8, 4) is 0 Å². The molecule has 1 atom stereocenters. The lowest BCUT2D eigenvalue weighted by Gasteiger charge is -2.26. The summed E-state index contributed by atoms with van der Waals surface area (Å²) in [6.45, 7) is 4.74. The SMILES string of the molecule is CCN(c1ccccc1)c1cccc(F)c1CC(C)N. The van der Waals surface area contributed by atoms with Crippen molar-refractivity contribution in [1.29, 1.82) is 0 Å². The summed E-state index contributed by atoms with van der Waals surface area (Å²) in [4.78, 5) is 2.11. The summed E-state index contributed by atoms with van der Waals surface area (Å²) in [6, 6.07) is 15.2. The van der Waals surface area contributed by atoms with Gasteiger partial charge in [-0.15, -0.1) is 0 Å². The number of anilines is 2. The third-order valence-corrected chi connectivity index (χ3v) is 3.30. The summed E-state index contributed by atoms with van der Waals surface area (Å²) in [7, 11) is 0. The Balaban J connectivity index is 2.47. The van der Waals surface area contributed by atoms with Gasteiger partial charge in [0, 0.05) is 29.5 Å². The van der Waals surface area contributed by atoms with Gasteiger partial charge in [-0.2, -0.15) is 0 Å². The van der Waals surface area contributed by atoms with E-state index in [9.17, 15) is 4.39 Å². The minimum absolute atomic E-state index is 0.0693. The lowest BCUT2D eigenvalue weighted by Crippen LogP contribution is -2.23. The molecule has 2 N–H and O–H groups in total. The molecule has 0 radical (unpaired) electrons. The molecule has 0 amide bonds. The van der Waals surface area contributed by atoms with Gasteiger partial charge < -0.3 is 10.6 Å². The van der Waals surface area contributed by atoms with E-state index < -0.39 is 0 Å². The van der Waals surface area contributed by atoms with Crippen LogP contribution in [0.25, 0.3) is 0 Å². The second-order valence-corrected chi connectivity index (χ2v) is 5.00. The van der Waals surface area contributed by atoms with Gasteiger partial charge in [-0.05, 0) is 44.5 Å². The zero-order valence-electron chi connectivity index (χ0n) is 12.0. The molecule has 0 aliphatic heterocycles. The number of halogens is 1. The molecule has 0 fully saturated rings. The van der Waals surface area contributed by atoms with Crippen LogP contribution in [0.5, 0.6) is 0 Å². The van der Waals surface area contributed by atoms with E-state index in [0.29, 0.717) is 12.0 Å². The maximum absolute atomic E-state index is 14.1. The van der Waals surface area contributed by atoms with Gasteiger partial charge in [0.25, 0.3) is 0 Å². The number of nitrogens with zero attached hydrogens (tertiary/aromatic N) is 1. The molecular weight excluding hydrogens is 251 g/mol. The van der Waals surface area contributed by atoms with Crippen LogP contribution in [0.1, 0.15) is 19.4 Å². The molecule has 0 saturated carbocycles. The van der Waals surface area contributed by atoms with Crippen LogP contribution in [0.2, 0.25) is 0 Å². The molecule has 0 aliphatic rings. The van der Waals surface area contributed by atoms with Crippen molar-refractivity contribution in [2.45, 2.75) is 26.3 Å². The van der Waals surface area contributed by atoms with Crippen molar-refractivity contribution in [3.05, 3.63) is 59.9 Å². The Labute approximate surface area is 120 Å². The molecule has 0 heterocycles. The summed E-state index contributed by atoms with van der Waals surface area (Å²) >= 11 is 0. The molecule has 2 nitrogen and oxygen atoms in total. The molecule has 106 valence electrons. The normalized spacial score (nSPS) is 12.2. The Morgan fingerprint density at radius 3 is 2.40 bits per heavy atom. The van der Waals surface area contributed by atoms with Crippen molar-refractivity contribution in [3.63, 3.8) is 0 Å². The fraction of sp³-hybridized carbons (Fsp3) is 0.294. The first kappa shape index (κ1) is 14.5. The smallest absolute Gasteiger partial charge is 0.128 e. The fourth-order valence-electron chi connectivity index (χ4n) is 2.42. The second kappa shape index (κ2) is 6.53. The van der Waals surface area contributed by atoms with Crippen LogP contribution in [0.4, 0.5) is 15.8 Å². The van der Waals surface area contributed by atoms with E-state index in [-0.39, 0.29) is 11.9 Å². The molecule has 0 aromatic heterocycles. The van der Waals surface area contributed by atoms with Crippen LogP contribution in [0, 0.1) is 5.82 Å². The van der Waals surface area contributed by atoms with Gasteiger partial charge in [-0.3, -0.25) is 0 Å². The van der Waals surface area contributed by atoms with Gasteiger partial charge in [0.05, 0.1) is 0 Å². The first-order valence-corrected chi connectivity index (χ1v) is 6.99. The Morgan fingerprint density at radius 2 is 1.80 bits per heavy atom. The Bertz CT molecular complexity index is 552. The molecular formula is C17H21FN2. The standard InChI is InChI=1S/C17H21FN2/c1-3-20(14-8-5-4-6-9-14)17-11-7-10-16(18)15(17)12-13(2)19/h4-11,13H,3,12,19H2,1-2H3. The molecule has 0 aliphatic carbocycles. The van der Waals surface area contributed by atoms with Crippen molar-refractivity contribution < 1.29 is 4.39 Å². The Kier molecular flexibility index (Phi) is 4.74. The Morgan fingerprint density at radius 1 is 1.10 bits per heavy atom. The van der Waals surface area contributed by atoms with Gasteiger partial charge in [0.2, 0.25) is 0 Å². The number of hydrogen-bond donors (Lipinski definition) is 1. The predicted molar refractivity (Wildman–Crippen MR) is 82.9 cm³/mol. The minimum Gasteiger partial charge on any atom is -0.341 e. The lowest BCUT2D eigenvalue weighted by molar-refractivity contribution is 0.596. The van der Waals surface area contributed by atoms with E-state index in [2.05, 4.69) is 11.8 Å². The molecule has 0 saturated heterocycles. The first-order valence-electron chi connectivity index (χ1n) is 6.99. The minimum atomic E-state index is -0.186. The predicted octanol–water partition coefficient (Wildman–Crippen LogP) is 3.87. The summed E-state index contributed by atoms with van der Waals surface area (Å²) in [5.74, 6) is -0.186. The zero-order valence-corrected chi connectivity index (χ0v) is 12.0. The van der Waals surface area contributed by atoms with Gasteiger partial charge in [0.15, 0.2) is 0 Å². The highest BCUT2D eigenvalue weighted by atomic mass is 19.1. The molecule has 0 spiro atoms. The molecule has 2 aromatic carbocycles. The number of nitrogens with two attached hydrogens (primary N) is 1. The molecule has 0 bridgehead atoms. The van der Waals surface area contributed by atoms with Gasteiger partial charge in [0.1, 0.15) is 5.82 Å². The number of benzene rings is 2. The van der Waals surface area contributed by atoms with E-state index in [1.54, 1.807) is 6.07 Å². The third kappa shape index (κ3) is 3.17. The van der Waals surface area contributed by atoms with Crippen LogP contribution in [-0.4, -0.2) is 12.6 Å². The van der Waals surface area contributed by atoms with Crippen molar-refractivity contribution in [2.24, 2.45) is 5.73 Å². The fourth-order valence-corrected chi connectivity index (χ4v) is 2.42. The van der Waals surface area contributed by atoms with Gasteiger partial charge >= 0.3 is 0 Å². The second-order valence-electron chi connectivity index (χ2n) is 5.00. The van der Waals surface area contributed by atoms with Crippen LogP contribution in [-0.2, 0) is 6.42 Å².